The predicted molar refractivity (Wildman–Crippen MR) is 85.9 cm³/mol. The van der Waals surface area contributed by atoms with Crippen molar-refractivity contribution in [3.63, 3.8) is 0 Å². The van der Waals surface area contributed by atoms with Crippen LogP contribution in [0.4, 0.5) is 0 Å². The lowest BCUT2D eigenvalue weighted by Gasteiger charge is -2.26. The maximum Gasteiger partial charge on any atom is 0.287 e. The fourth-order valence-electron chi connectivity index (χ4n) is 2.91. The highest BCUT2D eigenvalue weighted by molar-refractivity contribution is 5.99. The molecular weight excluding hydrogens is 288 g/mol. The first kappa shape index (κ1) is 15.9. The van der Waals surface area contributed by atoms with Gasteiger partial charge in [-0.15, -0.1) is 12.4 Å². The van der Waals surface area contributed by atoms with Crippen LogP contribution in [0.2, 0.25) is 0 Å². The Morgan fingerprint density at radius 2 is 1.90 bits per heavy atom. The van der Waals surface area contributed by atoms with Gasteiger partial charge in [-0.25, -0.2) is 0 Å². The Morgan fingerprint density at radius 1 is 1.24 bits per heavy atom. The number of amides is 1. The van der Waals surface area contributed by atoms with E-state index in [-0.39, 0.29) is 30.4 Å². The highest BCUT2D eigenvalue weighted by Crippen LogP contribution is 2.25. The third-order valence-electron chi connectivity index (χ3n) is 4.16. The first-order valence-electron chi connectivity index (χ1n) is 7.19. The van der Waals surface area contributed by atoms with Crippen molar-refractivity contribution in [3.8, 4) is 0 Å². The normalized spacial score (nSPS) is 21.8. The number of halogens is 1. The van der Waals surface area contributed by atoms with Gasteiger partial charge in [-0.1, -0.05) is 18.2 Å². The van der Waals surface area contributed by atoms with Crippen molar-refractivity contribution in [2.75, 3.05) is 0 Å². The molecule has 0 aliphatic heterocycles. The van der Waals surface area contributed by atoms with Crippen LogP contribution in [-0.2, 0) is 0 Å². The molecule has 1 heterocycles. The summed E-state index contributed by atoms with van der Waals surface area (Å²) in [7, 11) is 0. The van der Waals surface area contributed by atoms with E-state index in [4.69, 9.17) is 10.2 Å². The topological polar surface area (TPSA) is 68.3 Å². The monoisotopic (exact) mass is 308 g/mol. The number of hydrogen-bond acceptors (Lipinski definition) is 3. The van der Waals surface area contributed by atoms with E-state index >= 15 is 0 Å². The fourth-order valence-corrected chi connectivity index (χ4v) is 2.91. The summed E-state index contributed by atoms with van der Waals surface area (Å²) in [5.41, 5.74) is 7.56. The minimum absolute atomic E-state index is 0. The van der Waals surface area contributed by atoms with Crippen LogP contribution < -0.4 is 11.1 Å². The van der Waals surface area contributed by atoms with Crippen molar-refractivity contribution in [1.82, 2.24) is 5.32 Å². The Hall–Kier alpha value is -1.52. The minimum Gasteiger partial charge on any atom is -0.451 e. The molecule has 1 aliphatic rings. The molecule has 114 valence electrons. The number of furan rings is 1. The lowest BCUT2D eigenvalue weighted by Crippen LogP contribution is -2.40. The van der Waals surface area contributed by atoms with Crippen LogP contribution in [0.1, 0.15) is 41.8 Å². The number of fused-ring (bicyclic) bond motifs is 1. The van der Waals surface area contributed by atoms with Crippen LogP contribution in [0.25, 0.3) is 11.0 Å². The van der Waals surface area contributed by atoms with E-state index in [1.807, 2.05) is 31.2 Å². The van der Waals surface area contributed by atoms with E-state index in [2.05, 4.69) is 5.32 Å². The highest BCUT2D eigenvalue weighted by Gasteiger charge is 2.23. The fraction of sp³-hybridized carbons (Fsp3) is 0.438. The molecule has 1 amide bonds. The smallest absolute Gasteiger partial charge is 0.287 e. The summed E-state index contributed by atoms with van der Waals surface area (Å²) in [6, 6.07) is 8.24. The number of nitrogens with two attached hydrogens (primary N) is 1. The van der Waals surface area contributed by atoms with E-state index in [1.165, 1.54) is 0 Å². The highest BCUT2D eigenvalue weighted by atomic mass is 35.5. The number of hydrogen-bond donors (Lipinski definition) is 2. The number of nitrogens with one attached hydrogen (secondary N) is 1. The Balaban J connectivity index is 0.00000161. The summed E-state index contributed by atoms with van der Waals surface area (Å²) in [6.45, 7) is 1.93. The Labute approximate surface area is 130 Å². The molecule has 4 nitrogen and oxygen atoms in total. The van der Waals surface area contributed by atoms with Crippen molar-refractivity contribution in [2.24, 2.45) is 5.73 Å². The molecule has 0 unspecified atom stereocenters. The zero-order valence-electron chi connectivity index (χ0n) is 12.1. The summed E-state index contributed by atoms with van der Waals surface area (Å²) in [5, 5.41) is 4.07. The van der Waals surface area contributed by atoms with Gasteiger partial charge in [0.05, 0.1) is 0 Å². The second-order valence-electron chi connectivity index (χ2n) is 5.64. The van der Waals surface area contributed by atoms with Gasteiger partial charge in [-0.2, -0.15) is 0 Å². The zero-order valence-corrected chi connectivity index (χ0v) is 12.9. The average molecular weight is 309 g/mol. The van der Waals surface area contributed by atoms with Crippen molar-refractivity contribution < 1.29 is 9.21 Å². The standard InChI is InChI=1S/C16H20N2O2.ClH/c1-10-13-4-2-3-5-14(13)20-15(10)16(19)18-12-8-6-11(17)7-9-12;/h2-5,11-12H,6-9,17H2,1H3,(H,18,19);1H. The zero-order chi connectivity index (χ0) is 14.1. The molecule has 3 N–H and O–H groups in total. The van der Waals surface area contributed by atoms with Crippen LogP contribution >= 0.6 is 12.4 Å². The molecule has 3 rings (SSSR count). The number of aryl methyl sites for hydroxylation is 1. The maximum atomic E-state index is 12.3. The predicted octanol–water partition coefficient (Wildman–Crippen LogP) is 3.16. The summed E-state index contributed by atoms with van der Waals surface area (Å²) in [6.07, 6.45) is 3.85. The summed E-state index contributed by atoms with van der Waals surface area (Å²) >= 11 is 0. The van der Waals surface area contributed by atoms with Gasteiger partial charge in [0, 0.05) is 23.0 Å². The maximum absolute atomic E-state index is 12.3. The molecule has 0 saturated heterocycles. The summed E-state index contributed by atoms with van der Waals surface area (Å²) in [4.78, 5) is 12.3. The van der Waals surface area contributed by atoms with Crippen LogP contribution in [0.3, 0.4) is 0 Å². The van der Waals surface area contributed by atoms with E-state index in [9.17, 15) is 4.79 Å². The van der Waals surface area contributed by atoms with E-state index in [0.717, 1.165) is 42.2 Å². The van der Waals surface area contributed by atoms with Crippen LogP contribution in [0, 0.1) is 6.92 Å². The Kier molecular flexibility index (Phi) is 4.91. The Bertz CT molecular complexity index is 630. The van der Waals surface area contributed by atoms with Crippen LogP contribution in [0.5, 0.6) is 0 Å². The molecule has 21 heavy (non-hydrogen) atoms. The molecule has 5 heteroatoms. The van der Waals surface area contributed by atoms with Gasteiger partial charge in [0.15, 0.2) is 5.76 Å². The summed E-state index contributed by atoms with van der Waals surface area (Å²) in [5.74, 6) is 0.320. The van der Waals surface area contributed by atoms with E-state index in [1.54, 1.807) is 0 Å². The van der Waals surface area contributed by atoms with Crippen molar-refractivity contribution in [1.29, 1.82) is 0 Å². The molecule has 1 saturated carbocycles. The molecule has 1 aromatic carbocycles. The van der Waals surface area contributed by atoms with E-state index < -0.39 is 0 Å². The molecule has 0 radical (unpaired) electrons. The van der Waals surface area contributed by atoms with Gasteiger partial charge in [-0.05, 0) is 38.7 Å². The molecule has 0 bridgehead atoms. The molecule has 0 atom stereocenters. The van der Waals surface area contributed by atoms with Gasteiger partial charge in [0.1, 0.15) is 5.58 Å². The SMILES string of the molecule is Cc1c(C(=O)NC2CCC(N)CC2)oc2ccccc12.Cl. The first-order chi connectivity index (χ1) is 9.65. The van der Waals surface area contributed by atoms with Gasteiger partial charge in [0.2, 0.25) is 0 Å². The minimum atomic E-state index is -0.112. The van der Waals surface area contributed by atoms with Gasteiger partial charge in [0.25, 0.3) is 5.91 Å². The number of carbonyl (C=O) groups excluding carboxylic acids is 1. The van der Waals surface area contributed by atoms with Crippen molar-refractivity contribution in [3.05, 3.63) is 35.6 Å². The van der Waals surface area contributed by atoms with Crippen LogP contribution in [-0.4, -0.2) is 18.0 Å². The molecule has 1 aromatic heterocycles. The van der Waals surface area contributed by atoms with Gasteiger partial charge in [-0.3, -0.25) is 4.79 Å². The molecule has 2 aromatic rings. The van der Waals surface area contributed by atoms with Crippen molar-refractivity contribution >= 4 is 29.3 Å². The second kappa shape index (κ2) is 6.50. The van der Waals surface area contributed by atoms with Gasteiger partial charge >= 0.3 is 0 Å². The lowest BCUT2D eigenvalue weighted by atomic mass is 9.92. The first-order valence-corrected chi connectivity index (χ1v) is 7.19. The third-order valence-corrected chi connectivity index (χ3v) is 4.16. The quantitative estimate of drug-likeness (QED) is 0.895. The summed E-state index contributed by atoms with van der Waals surface area (Å²) < 4.78 is 5.69. The molecule has 1 aliphatic carbocycles. The Morgan fingerprint density at radius 3 is 2.57 bits per heavy atom. The number of para-hydroxylation sites is 1. The van der Waals surface area contributed by atoms with Crippen LogP contribution in [0.15, 0.2) is 28.7 Å². The largest absolute Gasteiger partial charge is 0.451 e. The van der Waals surface area contributed by atoms with Crippen molar-refractivity contribution in [2.45, 2.75) is 44.7 Å². The average Bonchev–Trinajstić information content (AvgIpc) is 2.79. The number of carbonyl (C=O) groups is 1. The lowest BCUT2D eigenvalue weighted by molar-refractivity contribution is 0.0899. The van der Waals surface area contributed by atoms with E-state index in [0.29, 0.717) is 5.76 Å². The van der Waals surface area contributed by atoms with Gasteiger partial charge < -0.3 is 15.5 Å². The second-order valence-corrected chi connectivity index (χ2v) is 5.64. The molecule has 0 spiro atoms. The molecule has 1 fully saturated rings. The number of benzene rings is 1. The molecular formula is C16H21ClN2O2. The third kappa shape index (κ3) is 3.22. The number of rotatable bonds is 2.